The number of hydrogen-bond acceptors (Lipinski definition) is 3. The standard InChI is InChI=1S/C14H12O2.C2H4O2/c15-13(11-7-3-1-4-8-11)14(16)12-9-5-2-6-10-12;1-2(3)4/h1-10,13,15H;1H3,(H,3,4). The predicted molar refractivity (Wildman–Crippen MR) is 75.5 cm³/mol. The molecule has 0 fully saturated rings. The predicted octanol–water partition coefficient (Wildman–Crippen LogP) is 2.69. The number of hydrogen-bond donors (Lipinski definition) is 2. The molecule has 2 rings (SSSR count). The van der Waals surface area contributed by atoms with Gasteiger partial charge in [-0.15, -0.1) is 0 Å². The highest BCUT2D eigenvalue weighted by Crippen LogP contribution is 2.17. The van der Waals surface area contributed by atoms with Crippen LogP contribution in [-0.2, 0) is 4.79 Å². The zero-order valence-corrected chi connectivity index (χ0v) is 11.1. The van der Waals surface area contributed by atoms with Gasteiger partial charge in [-0.2, -0.15) is 0 Å². The van der Waals surface area contributed by atoms with Crippen LogP contribution in [0, 0.1) is 0 Å². The third-order valence-electron chi connectivity index (χ3n) is 2.42. The number of aliphatic carboxylic acids is 1. The highest BCUT2D eigenvalue weighted by molar-refractivity contribution is 5.99. The Hall–Kier alpha value is -2.46. The zero-order chi connectivity index (χ0) is 15.0. The van der Waals surface area contributed by atoms with E-state index in [1.807, 2.05) is 12.1 Å². The van der Waals surface area contributed by atoms with E-state index < -0.39 is 12.1 Å². The van der Waals surface area contributed by atoms with Gasteiger partial charge in [-0.3, -0.25) is 9.59 Å². The minimum Gasteiger partial charge on any atom is -0.481 e. The van der Waals surface area contributed by atoms with Crippen molar-refractivity contribution in [3.8, 4) is 0 Å². The third kappa shape index (κ3) is 5.04. The van der Waals surface area contributed by atoms with Crippen LogP contribution in [0.2, 0.25) is 0 Å². The third-order valence-corrected chi connectivity index (χ3v) is 2.42. The number of benzene rings is 2. The first-order chi connectivity index (χ1) is 9.52. The highest BCUT2D eigenvalue weighted by Gasteiger charge is 2.18. The van der Waals surface area contributed by atoms with E-state index in [2.05, 4.69) is 0 Å². The summed E-state index contributed by atoms with van der Waals surface area (Å²) in [6.07, 6.45) is -1.08. The number of aliphatic hydroxyl groups excluding tert-OH is 1. The van der Waals surface area contributed by atoms with Crippen LogP contribution in [0.3, 0.4) is 0 Å². The molecule has 0 aromatic heterocycles. The zero-order valence-electron chi connectivity index (χ0n) is 11.1. The Morgan fingerprint density at radius 1 is 0.900 bits per heavy atom. The summed E-state index contributed by atoms with van der Waals surface area (Å²) >= 11 is 0. The number of rotatable bonds is 3. The van der Waals surface area contributed by atoms with Gasteiger partial charge < -0.3 is 10.2 Å². The molecule has 0 radical (unpaired) electrons. The quantitative estimate of drug-likeness (QED) is 0.842. The lowest BCUT2D eigenvalue weighted by molar-refractivity contribution is -0.134. The Morgan fingerprint density at radius 2 is 1.30 bits per heavy atom. The van der Waals surface area contributed by atoms with Gasteiger partial charge in [0.15, 0.2) is 5.78 Å². The maximum absolute atomic E-state index is 11.9. The Balaban J connectivity index is 0.000000444. The van der Waals surface area contributed by atoms with Gasteiger partial charge in [-0.25, -0.2) is 0 Å². The molecule has 0 aliphatic rings. The first kappa shape index (κ1) is 15.6. The number of carboxylic acid groups (broad SMARTS) is 1. The Morgan fingerprint density at radius 3 is 1.75 bits per heavy atom. The van der Waals surface area contributed by atoms with E-state index in [0.29, 0.717) is 11.1 Å². The fraction of sp³-hybridized carbons (Fsp3) is 0.125. The molecular weight excluding hydrogens is 256 g/mol. The molecule has 104 valence electrons. The molecule has 2 aromatic rings. The largest absolute Gasteiger partial charge is 0.481 e. The van der Waals surface area contributed by atoms with E-state index in [-0.39, 0.29) is 5.78 Å². The normalized spacial score (nSPS) is 10.9. The number of carbonyl (C=O) groups is 2. The lowest BCUT2D eigenvalue weighted by Gasteiger charge is -2.09. The van der Waals surface area contributed by atoms with Crippen LogP contribution in [0.5, 0.6) is 0 Å². The minimum atomic E-state index is -1.08. The Kier molecular flexibility index (Phi) is 6.13. The molecule has 0 bridgehead atoms. The molecule has 0 saturated carbocycles. The maximum Gasteiger partial charge on any atom is 0.300 e. The molecule has 2 N–H and O–H groups in total. The molecule has 1 unspecified atom stereocenters. The number of Topliss-reactive ketones (excluding diaryl/α,β-unsaturated/α-hetero) is 1. The first-order valence-corrected chi connectivity index (χ1v) is 6.04. The number of aliphatic hydroxyl groups is 1. The summed E-state index contributed by atoms with van der Waals surface area (Å²) in [4.78, 5) is 20.9. The van der Waals surface area contributed by atoms with E-state index in [0.717, 1.165) is 6.92 Å². The molecule has 1 atom stereocenters. The van der Waals surface area contributed by atoms with Crippen LogP contribution in [0.25, 0.3) is 0 Å². The van der Waals surface area contributed by atoms with Crippen molar-refractivity contribution in [3.63, 3.8) is 0 Å². The summed E-state index contributed by atoms with van der Waals surface area (Å²) in [5.41, 5.74) is 1.15. The van der Waals surface area contributed by atoms with Gasteiger partial charge in [-0.05, 0) is 5.56 Å². The Bertz CT molecular complexity index is 545. The van der Waals surface area contributed by atoms with Crippen molar-refractivity contribution >= 4 is 11.8 Å². The summed E-state index contributed by atoms with van der Waals surface area (Å²) in [6, 6.07) is 17.7. The van der Waals surface area contributed by atoms with E-state index in [9.17, 15) is 9.90 Å². The molecule has 0 amide bonds. The fourth-order valence-corrected chi connectivity index (χ4v) is 1.55. The molecule has 20 heavy (non-hydrogen) atoms. The van der Waals surface area contributed by atoms with Crippen molar-refractivity contribution in [2.75, 3.05) is 0 Å². The second kappa shape index (κ2) is 7.86. The Labute approximate surface area is 117 Å². The van der Waals surface area contributed by atoms with Gasteiger partial charge in [0.05, 0.1) is 0 Å². The van der Waals surface area contributed by atoms with Gasteiger partial charge >= 0.3 is 0 Å². The van der Waals surface area contributed by atoms with Crippen LogP contribution in [-0.4, -0.2) is 22.0 Å². The van der Waals surface area contributed by atoms with Crippen LogP contribution in [0.1, 0.15) is 28.9 Å². The molecular formula is C16H16O4. The summed E-state index contributed by atoms with van der Waals surface area (Å²) in [5.74, 6) is -1.10. The second-order valence-corrected chi connectivity index (χ2v) is 4.06. The van der Waals surface area contributed by atoms with Crippen molar-refractivity contribution in [2.45, 2.75) is 13.0 Å². The van der Waals surface area contributed by atoms with Crippen molar-refractivity contribution in [1.82, 2.24) is 0 Å². The van der Waals surface area contributed by atoms with E-state index in [4.69, 9.17) is 9.90 Å². The molecule has 4 heteroatoms. The van der Waals surface area contributed by atoms with Crippen molar-refractivity contribution in [1.29, 1.82) is 0 Å². The highest BCUT2D eigenvalue weighted by atomic mass is 16.4. The number of carbonyl (C=O) groups excluding carboxylic acids is 1. The fourth-order valence-electron chi connectivity index (χ4n) is 1.55. The number of ketones is 1. The SMILES string of the molecule is CC(=O)O.O=C(c1ccccc1)C(O)c1ccccc1. The van der Waals surface area contributed by atoms with Crippen LogP contribution >= 0.6 is 0 Å². The smallest absolute Gasteiger partial charge is 0.300 e. The summed E-state index contributed by atoms with van der Waals surface area (Å²) in [6.45, 7) is 1.08. The van der Waals surface area contributed by atoms with Gasteiger partial charge in [0.2, 0.25) is 0 Å². The maximum atomic E-state index is 11.9. The van der Waals surface area contributed by atoms with E-state index in [1.165, 1.54) is 0 Å². The van der Waals surface area contributed by atoms with Gasteiger partial charge in [0, 0.05) is 12.5 Å². The van der Waals surface area contributed by atoms with Crippen LogP contribution in [0.15, 0.2) is 60.7 Å². The molecule has 4 nitrogen and oxygen atoms in total. The summed E-state index contributed by atoms with van der Waals surface area (Å²) < 4.78 is 0. The topological polar surface area (TPSA) is 74.6 Å². The monoisotopic (exact) mass is 272 g/mol. The molecule has 0 aliphatic carbocycles. The van der Waals surface area contributed by atoms with Gasteiger partial charge in [0.1, 0.15) is 6.10 Å². The van der Waals surface area contributed by atoms with E-state index in [1.54, 1.807) is 48.5 Å². The lowest BCUT2D eigenvalue weighted by Crippen LogP contribution is -2.11. The van der Waals surface area contributed by atoms with Gasteiger partial charge in [0.25, 0.3) is 5.97 Å². The van der Waals surface area contributed by atoms with Crippen molar-refractivity contribution < 1.29 is 19.8 Å². The molecule has 2 aromatic carbocycles. The summed E-state index contributed by atoms with van der Waals surface area (Å²) in [5, 5.41) is 17.3. The molecule has 0 aliphatic heterocycles. The molecule has 0 spiro atoms. The molecule has 0 heterocycles. The number of carboxylic acids is 1. The average Bonchev–Trinajstić information content (AvgIpc) is 2.47. The first-order valence-electron chi connectivity index (χ1n) is 6.04. The van der Waals surface area contributed by atoms with Crippen molar-refractivity contribution in [3.05, 3.63) is 71.8 Å². The van der Waals surface area contributed by atoms with Crippen LogP contribution < -0.4 is 0 Å². The second-order valence-electron chi connectivity index (χ2n) is 4.06. The van der Waals surface area contributed by atoms with Crippen molar-refractivity contribution in [2.24, 2.45) is 0 Å². The minimum absolute atomic E-state index is 0.271. The van der Waals surface area contributed by atoms with Gasteiger partial charge in [-0.1, -0.05) is 60.7 Å². The lowest BCUT2D eigenvalue weighted by atomic mass is 10.0. The summed E-state index contributed by atoms with van der Waals surface area (Å²) in [7, 11) is 0. The average molecular weight is 272 g/mol. The van der Waals surface area contributed by atoms with Crippen LogP contribution in [0.4, 0.5) is 0 Å². The molecule has 0 saturated heterocycles. The van der Waals surface area contributed by atoms with E-state index >= 15 is 0 Å².